The van der Waals surface area contributed by atoms with Crippen molar-refractivity contribution in [1.29, 1.82) is 0 Å². The molecule has 4 rings (SSSR count). The van der Waals surface area contributed by atoms with E-state index in [4.69, 9.17) is 0 Å². The minimum Gasteiger partial charge on any atom is -0.364 e. The summed E-state index contributed by atoms with van der Waals surface area (Å²) >= 11 is 3.58. The van der Waals surface area contributed by atoms with Crippen LogP contribution in [0.5, 0.6) is 0 Å². The van der Waals surface area contributed by atoms with Gasteiger partial charge in [0.15, 0.2) is 0 Å². The van der Waals surface area contributed by atoms with Crippen molar-refractivity contribution in [3.8, 4) is 11.1 Å². The second kappa shape index (κ2) is 10.7. The van der Waals surface area contributed by atoms with Gasteiger partial charge in [-0.1, -0.05) is 46.3 Å². The number of aryl methyl sites for hydroxylation is 2. The third kappa shape index (κ3) is 5.71. The number of anilines is 1. The van der Waals surface area contributed by atoms with Gasteiger partial charge in [0, 0.05) is 22.7 Å². The summed E-state index contributed by atoms with van der Waals surface area (Å²) in [5, 5.41) is 3.51. The number of benzene rings is 3. The van der Waals surface area contributed by atoms with Gasteiger partial charge in [-0.05, 0) is 110 Å². The van der Waals surface area contributed by atoms with Crippen molar-refractivity contribution in [3.63, 3.8) is 0 Å². The first-order chi connectivity index (χ1) is 14.5. The van der Waals surface area contributed by atoms with Crippen LogP contribution in [0.3, 0.4) is 0 Å². The molecule has 0 spiro atoms. The van der Waals surface area contributed by atoms with Crippen LogP contribution >= 0.6 is 28.3 Å². The summed E-state index contributed by atoms with van der Waals surface area (Å²) in [7, 11) is 0. The van der Waals surface area contributed by atoms with Gasteiger partial charge in [-0.3, -0.25) is 0 Å². The zero-order valence-corrected chi connectivity index (χ0v) is 21.0. The summed E-state index contributed by atoms with van der Waals surface area (Å²) in [6.07, 6.45) is 2.37. The molecule has 31 heavy (non-hydrogen) atoms. The summed E-state index contributed by atoms with van der Waals surface area (Å²) in [6.45, 7) is 9.76. The fraction of sp³-hybridized carbons (Fsp3) is 0.333. The molecule has 3 aromatic carbocycles. The maximum Gasteiger partial charge on any atom is 0.0432 e. The molecule has 1 heterocycles. The number of nitrogens with zero attached hydrogens (tertiary/aromatic N) is 1. The van der Waals surface area contributed by atoms with Gasteiger partial charge in [-0.25, -0.2) is 0 Å². The third-order valence-electron chi connectivity index (χ3n) is 6.45. The Labute approximate surface area is 201 Å². The van der Waals surface area contributed by atoms with Crippen molar-refractivity contribution >= 4 is 34.0 Å². The first-order valence-electron chi connectivity index (χ1n) is 10.9. The second-order valence-electron chi connectivity index (χ2n) is 8.52. The van der Waals surface area contributed by atoms with Gasteiger partial charge < -0.3 is 10.2 Å². The molecule has 0 unspecified atom stereocenters. The lowest BCUT2D eigenvalue weighted by Gasteiger charge is -2.36. The highest BCUT2D eigenvalue weighted by Gasteiger charge is 2.21. The molecule has 1 N–H and O–H groups in total. The van der Waals surface area contributed by atoms with E-state index in [9.17, 15) is 0 Å². The topological polar surface area (TPSA) is 15.3 Å². The van der Waals surface area contributed by atoms with E-state index in [0.29, 0.717) is 6.04 Å². The lowest BCUT2D eigenvalue weighted by Crippen LogP contribution is -2.43. The summed E-state index contributed by atoms with van der Waals surface area (Å²) in [4.78, 5) is 2.60. The first-order valence-corrected chi connectivity index (χ1v) is 11.7. The monoisotopic (exact) mass is 498 g/mol. The molecule has 0 bridgehead atoms. The fourth-order valence-corrected chi connectivity index (χ4v) is 4.69. The summed E-state index contributed by atoms with van der Waals surface area (Å²) in [5.41, 5.74) is 9.40. The quantitative estimate of drug-likeness (QED) is 0.398. The molecule has 1 fully saturated rings. The zero-order chi connectivity index (χ0) is 21.1. The standard InChI is InChI=1S/C27H31BrN2.ClH/c1-19-15-24(16-20(2)21(19)3)23-6-4-5-22(17-23)18-30(27-11-13-29-14-12-27)26-9-7-25(28)8-10-26;/h4-10,15-17,27,29H,11-14,18H2,1-3H3;1H. The molecule has 0 amide bonds. The lowest BCUT2D eigenvalue weighted by molar-refractivity contribution is 0.428. The zero-order valence-electron chi connectivity index (χ0n) is 18.6. The van der Waals surface area contributed by atoms with E-state index in [1.807, 2.05) is 0 Å². The number of rotatable bonds is 5. The maximum absolute atomic E-state index is 3.58. The van der Waals surface area contributed by atoms with Crippen LogP contribution in [0.1, 0.15) is 35.1 Å². The van der Waals surface area contributed by atoms with Crippen LogP contribution in [0.25, 0.3) is 11.1 Å². The molecular formula is C27H32BrClN2. The maximum atomic E-state index is 3.58. The third-order valence-corrected chi connectivity index (χ3v) is 6.98. The number of nitrogens with one attached hydrogen (secondary N) is 1. The molecule has 2 nitrogen and oxygen atoms in total. The molecule has 0 aromatic heterocycles. The Bertz CT molecular complexity index is 987. The van der Waals surface area contributed by atoms with E-state index in [0.717, 1.165) is 24.1 Å². The van der Waals surface area contributed by atoms with E-state index in [1.165, 1.54) is 51.9 Å². The van der Waals surface area contributed by atoms with Gasteiger partial charge in [0.25, 0.3) is 0 Å². The Morgan fingerprint density at radius 1 is 0.871 bits per heavy atom. The smallest absolute Gasteiger partial charge is 0.0432 e. The van der Waals surface area contributed by atoms with Crippen LogP contribution in [0.2, 0.25) is 0 Å². The van der Waals surface area contributed by atoms with Gasteiger partial charge >= 0.3 is 0 Å². The van der Waals surface area contributed by atoms with Crippen molar-refractivity contribution in [1.82, 2.24) is 5.32 Å². The number of hydrogen-bond donors (Lipinski definition) is 1. The van der Waals surface area contributed by atoms with Crippen molar-refractivity contribution in [2.24, 2.45) is 0 Å². The number of piperidine rings is 1. The molecule has 164 valence electrons. The van der Waals surface area contributed by atoms with Crippen molar-refractivity contribution in [3.05, 3.63) is 87.4 Å². The minimum atomic E-state index is 0. The average Bonchev–Trinajstić information content (AvgIpc) is 2.77. The fourth-order valence-electron chi connectivity index (χ4n) is 4.43. The van der Waals surface area contributed by atoms with Crippen LogP contribution in [-0.4, -0.2) is 19.1 Å². The average molecular weight is 500 g/mol. The molecule has 0 saturated carbocycles. The van der Waals surface area contributed by atoms with E-state index >= 15 is 0 Å². The highest BCUT2D eigenvalue weighted by molar-refractivity contribution is 9.10. The number of halogens is 2. The Morgan fingerprint density at radius 3 is 2.16 bits per heavy atom. The van der Waals surface area contributed by atoms with Crippen LogP contribution in [0.15, 0.2) is 65.1 Å². The Balaban J connectivity index is 0.00000272. The molecule has 1 saturated heterocycles. The second-order valence-corrected chi connectivity index (χ2v) is 9.44. The van der Waals surface area contributed by atoms with E-state index in [-0.39, 0.29) is 12.4 Å². The highest BCUT2D eigenvalue weighted by Crippen LogP contribution is 2.29. The van der Waals surface area contributed by atoms with Crippen molar-refractivity contribution in [2.45, 2.75) is 46.2 Å². The predicted molar refractivity (Wildman–Crippen MR) is 140 cm³/mol. The molecular weight excluding hydrogens is 468 g/mol. The van der Waals surface area contributed by atoms with Gasteiger partial charge in [0.2, 0.25) is 0 Å². The molecule has 0 atom stereocenters. The SMILES string of the molecule is Cc1cc(-c2cccc(CN(c3ccc(Br)cc3)C3CCNCC3)c2)cc(C)c1C.Cl. The Morgan fingerprint density at radius 2 is 1.52 bits per heavy atom. The van der Waals surface area contributed by atoms with Crippen LogP contribution in [0, 0.1) is 20.8 Å². The van der Waals surface area contributed by atoms with Gasteiger partial charge in [0.1, 0.15) is 0 Å². The lowest BCUT2D eigenvalue weighted by atomic mass is 9.95. The number of hydrogen-bond acceptors (Lipinski definition) is 2. The molecule has 3 aromatic rings. The van der Waals surface area contributed by atoms with Gasteiger partial charge in [-0.2, -0.15) is 0 Å². The molecule has 1 aliphatic heterocycles. The first kappa shape index (κ1) is 23.8. The normalized spacial score (nSPS) is 14.2. The van der Waals surface area contributed by atoms with Crippen LogP contribution in [-0.2, 0) is 6.54 Å². The highest BCUT2D eigenvalue weighted by atomic mass is 79.9. The largest absolute Gasteiger partial charge is 0.364 e. The van der Waals surface area contributed by atoms with E-state index in [2.05, 4.69) is 108 Å². The summed E-state index contributed by atoms with van der Waals surface area (Å²) in [6, 6.07) is 23.1. The van der Waals surface area contributed by atoms with E-state index < -0.39 is 0 Å². The predicted octanol–water partition coefficient (Wildman–Crippen LogP) is 7.22. The summed E-state index contributed by atoms with van der Waals surface area (Å²) in [5.74, 6) is 0. The van der Waals surface area contributed by atoms with Crippen molar-refractivity contribution < 1.29 is 0 Å². The Kier molecular flexibility index (Phi) is 8.21. The van der Waals surface area contributed by atoms with Crippen molar-refractivity contribution in [2.75, 3.05) is 18.0 Å². The molecule has 0 radical (unpaired) electrons. The molecule has 4 heteroatoms. The molecule has 1 aliphatic rings. The minimum absolute atomic E-state index is 0. The molecule has 0 aliphatic carbocycles. The Hall–Kier alpha value is -1.81. The van der Waals surface area contributed by atoms with Crippen LogP contribution in [0.4, 0.5) is 5.69 Å². The summed E-state index contributed by atoms with van der Waals surface area (Å²) < 4.78 is 1.13. The van der Waals surface area contributed by atoms with Gasteiger partial charge in [0.05, 0.1) is 0 Å². The van der Waals surface area contributed by atoms with Crippen LogP contribution < -0.4 is 10.2 Å². The van der Waals surface area contributed by atoms with E-state index in [1.54, 1.807) is 0 Å². The van der Waals surface area contributed by atoms with Gasteiger partial charge in [-0.15, -0.1) is 12.4 Å².